The summed E-state index contributed by atoms with van der Waals surface area (Å²) < 4.78 is 122. The first-order chi connectivity index (χ1) is 20.1. The van der Waals surface area contributed by atoms with Gasteiger partial charge in [-0.15, -0.1) is 0 Å². The highest BCUT2D eigenvalue weighted by molar-refractivity contribution is 5.98. The summed E-state index contributed by atoms with van der Waals surface area (Å²) in [5, 5.41) is 9.36. The van der Waals surface area contributed by atoms with Crippen LogP contribution in [0.5, 0.6) is 0 Å². The molecule has 5 rings (SSSR count). The second-order valence-electron chi connectivity index (χ2n) is 9.93. The molecule has 1 aliphatic heterocycles. The maximum atomic E-state index is 13.9. The lowest BCUT2D eigenvalue weighted by Gasteiger charge is -2.34. The van der Waals surface area contributed by atoms with E-state index < -0.39 is 47.6 Å². The van der Waals surface area contributed by atoms with Crippen LogP contribution in [0, 0.1) is 0 Å². The Kier molecular flexibility index (Phi) is 7.65. The highest BCUT2D eigenvalue weighted by Crippen LogP contribution is 2.44. The first-order valence-corrected chi connectivity index (χ1v) is 12.7. The summed E-state index contributed by atoms with van der Waals surface area (Å²) >= 11 is 0. The number of hydrogen-bond donors (Lipinski definition) is 2. The number of amides is 1. The number of halogens is 9. The first kappa shape index (κ1) is 30.0. The zero-order chi connectivity index (χ0) is 31.2. The quantitative estimate of drug-likeness (QED) is 0.224. The van der Waals surface area contributed by atoms with Crippen LogP contribution in [0.2, 0.25) is 0 Å². The molecule has 0 radical (unpaired) electrons. The van der Waals surface area contributed by atoms with Crippen LogP contribution in [-0.4, -0.2) is 21.9 Å². The number of nitrogens with one attached hydrogen (secondary N) is 2. The molecule has 0 spiro atoms. The van der Waals surface area contributed by atoms with Gasteiger partial charge in [-0.1, -0.05) is 54.6 Å². The number of rotatable bonds is 5. The van der Waals surface area contributed by atoms with Gasteiger partial charge in [-0.2, -0.15) is 44.6 Å². The Balaban J connectivity index is 1.34. The van der Waals surface area contributed by atoms with Gasteiger partial charge in [0.15, 0.2) is 6.04 Å². The third-order valence-electron chi connectivity index (χ3n) is 7.01. The van der Waals surface area contributed by atoms with E-state index in [1.807, 2.05) is 0 Å². The predicted octanol–water partition coefficient (Wildman–Crippen LogP) is 8.18. The van der Waals surface area contributed by atoms with Gasteiger partial charge < -0.3 is 10.6 Å². The SMILES string of the molecule is O=C(NCc1ccc(-c2cc(C(F)(F)F)cc(C(F)(F)F)c2)cc1)c1cnn2c1N[C@@H](c1ccccc1)C[C@H]2C(F)(F)F. The zero-order valence-corrected chi connectivity index (χ0v) is 21.8. The van der Waals surface area contributed by atoms with Crippen LogP contribution in [0.3, 0.4) is 0 Å². The van der Waals surface area contributed by atoms with Gasteiger partial charge in [-0.05, 0) is 40.5 Å². The molecule has 0 aliphatic carbocycles. The van der Waals surface area contributed by atoms with Crippen molar-refractivity contribution in [3.63, 3.8) is 0 Å². The Labute approximate surface area is 238 Å². The minimum atomic E-state index is -5.00. The highest BCUT2D eigenvalue weighted by atomic mass is 19.4. The minimum absolute atomic E-state index is 0.0384. The van der Waals surface area contributed by atoms with Gasteiger partial charge in [0.05, 0.1) is 23.4 Å². The fourth-order valence-corrected chi connectivity index (χ4v) is 4.85. The van der Waals surface area contributed by atoms with Crippen molar-refractivity contribution in [1.82, 2.24) is 15.1 Å². The van der Waals surface area contributed by atoms with Crippen LogP contribution in [0.1, 0.15) is 51.1 Å². The van der Waals surface area contributed by atoms with E-state index in [-0.39, 0.29) is 41.5 Å². The van der Waals surface area contributed by atoms with Gasteiger partial charge in [0.1, 0.15) is 11.4 Å². The van der Waals surface area contributed by atoms with Crippen molar-refractivity contribution in [2.75, 3.05) is 5.32 Å². The molecule has 0 fully saturated rings. The Hall–Kier alpha value is -4.49. The van der Waals surface area contributed by atoms with Crippen molar-refractivity contribution in [2.24, 2.45) is 0 Å². The van der Waals surface area contributed by atoms with Crippen LogP contribution in [0.15, 0.2) is 79.0 Å². The average Bonchev–Trinajstić information content (AvgIpc) is 3.38. The number of anilines is 1. The van der Waals surface area contributed by atoms with E-state index in [9.17, 15) is 44.3 Å². The molecule has 0 saturated carbocycles. The van der Waals surface area contributed by atoms with Crippen LogP contribution in [0.25, 0.3) is 11.1 Å². The summed E-state index contributed by atoms with van der Waals surface area (Å²) in [5.41, 5.74) is -2.23. The number of carbonyl (C=O) groups is 1. The van der Waals surface area contributed by atoms with Gasteiger partial charge in [0.25, 0.3) is 5.91 Å². The fraction of sp³-hybridized carbons (Fsp3) is 0.241. The van der Waals surface area contributed by atoms with Crippen molar-refractivity contribution in [3.05, 3.63) is 107 Å². The number of hydrogen-bond acceptors (Lipinski definition) is 3. The largest absolute Gasteiger partial charge is 0.416 e. The van der Waals surface area contributed by atoms with Gasteiger partial charge in [-0.3, -0.25) is 4.79 Å². The Morgan fingerprint density at radius 1 is 0.837 bits per heavy atom. The van der Waals surface area contributed by atoms with Gasteiger partial charge in [0.2, 0.25) is 0 Å². The average molecular weight is 612 g/mol. The molecule has 0 bridgehead atoms. The molecule has 3 aromatic carbocycles. The lowest BCUT2D eigenvalue weighted by molar-refractivity contribution is -0.173. The fourth-order valence-electron chi connectivity index (χ4n) is 4.85. The zero-order valence-electron chi connectivity index (χ0n) is 21.8. The number of carbonyl (C=O) groups excluding carboxylic acids is 1. The van der Waals surface area contributed by atoms with Crippen LogP contribution < -0.4 is 10.6 Å². The lowest BCUT2D eigenvalue weighted by atomic mass is 9.96. The topological polar surface area (TPSA) is 59.0 Å². The summed E-state index contributed by atoms with van der Waals surface area (Å²) in [5.74, 6) is -0.847. The molecule has 2 N–H and O–H groups in total. The molecule has 1 aromatic heterocycles. The normalized spacial score (nSPS) is 17.2. The third kappa shape index (κ3) is 6.47. The molecule has 2 heterocycles. The molecule has 5 nitrogen and oxygen atoms in total. The van der Waals surface area contributed by atoms with Gasteiger partial charge in [0, 0.05) is 13.0 Å². The Morgan fingerprint density at radius 2 is 1.44 bits per heavy atom. The van der Waals surface area contributed by atoms with Crippen molar-refractivity contribution >= 4 is 11.7 Å². The molecular weight excluding hydrogens is 591 g/mol. The molecule has 0 saturated heterocycles. The van der Waals surface area contributed by atoms with Crippen LogP contribution in [-0.2, 0) is 18.9 Å². The van der Waals surface area contributed by atoms with E-state index in [0.29, 0.717) is 23.3 Å². The monoisotopic (exact) mass is 612 g/mol. The molecule has 43 heavy (non-hydrogen) atoms. The van der Waals surface area contributed by atoms with Crippen LogP contribution in [0.4, 0.5) is 45.3 Å². The van der Waals surface area contributed by atoms with E-state index in [4.69, 9.17) is 0 Å². The number of nitrogens with zero attached hydrogens (tertiary/aromatic N) is 2. The summed E-state index contributed by atoms with van der Waals surface area (Å²) in [7, 11) is 0. The third-order valence-corrected chi connectivity index (χ3v) is 7.01. The maximum absolute atomic E-state index is 13.9. The van der Waals surface area contributed by atoms with E-state index in [0.717, 1.165) is 10.9 Å². The van der Waals surface area contributed by atoms with E-state index in [1.165, 1.54) is 24.3 Å². The second kappa shape index (κ2) is 11.0. The summed E-state index contributed by atoms with van der Waals surface area (Å²) in [6.45, 7) is -0.134. The molecule has 1 amide bonds. The molecule has 14 heteroatoms. The van der Waals surface area contributed by atoms with Crippen molar-refractivity contribution < 1.29 is 44.3 Å². The Bertz CT molecular complexity index is 1580. The van der Waals surface area contributed by atoms with Crippen molar-refractivity contribution in [3.8, 4) is 11.1 Å². The van der Waals surface area contributed by atoms with Crippen molar-refractivity contribution in [1.29, 1.82) is 0 Å². The van der Waals surface area contributed by atoms with E-state index in [2.05, 4.69) is 15.7 Å². The van der Waals surface area contributed by atoms with Gasteiger partial charge in [-0.25, -0.2) is 4.68 Å². The Morgan fingerprint density at radius 3 is 2.00 bits per heavy atom. The van der Waals surface area contributed by atoms with Crippen LogP contribution >= 0.6 is 0 Å². The molecular formula is C29H21F9N4O. The molecule has 0 unspecified atom stereocenters. The number of alkyl halides is 9. The van der Waals surface area contributed by atoms with E-state index >= 15 is 0 Å². The minimum Gasteiger partial charge on any atom is -0.363 e. The predicted molar refractivity (Wildman–Crippen MR) is 138 cm³/mol. The van der Waals surface area contributed by atoms with Crippen molar-refractivity contribution in [2.45, 2.75) is 43.6 Å². The summed E-state index contributed by atoms with van der Waals surface area (Å²) in [4.78, 5) is 13.0. The lowest BCUT2D eigenvalue weighted by Crippen LogP contribution is -2.36. The number of fused-ring (bicyclic) bond motifs is 1. The maximum Gasteiger partial charge on any atom is 0.416 e. The standard InChI is InChI=1S/C29H21F9N4O/c30-27(31,32)20-10-19(11-21(12-20)28(33,34)35)17-8-6-16(7-9-17)14-39-26(43)22-15-40-42-24(29(36,37)38)13-23(41-25(22)42)18-4-2-1-3-5-18/h1-12,15,23-24,41H,13-14H2,(H,39,43)/t23-,24+/m1/s1. The number of benzene rings is 3. The number of aromatic nitrogens is 2. The second-order valence-corrected chi connectivity index (χ2v) is 9.93. The molecule has 4 aromatic rings. The van der Waals surface area contributed by atoms with E-state index in [1.54, 1.807) is 30.3 Å². The smallest absolute Gasteiger partial charge is 0.363 e. The summed E-state index contributed by atoms with van der Waals surface area (Å²) in [6, 6.07) is 12.4. The molecule has 226 valence electrons. The van der Waals surface area contributed by atoms with Gasteiger partial charge >= 0.3 is 18.5 Å². The molecule has 1 aliphatic rings. The summed E-state index contributed by atoms with van der Waals surface area (Å²) in [6.07, 6.45) is -13.9. The molecule has 2 atom stereocenters. The highest BCUT2D eigenvalue weighted by Gasteiger charge is 2.47. The first-order valence-electron chi connectivity index (χ1n) is 12.7.